The molecule has 22 heavy (non-hydrogen) atoms. The maximum atomic E-state index is 12.3. The molecular formula is C13H19N5O2S2. The molecule has 2 heterocycles. The lowest BCUT2D eigenvalue weighted by Gasteiger charge is -2.13. The lowest BCUT2D eigenvalue weighted by atomic mass is 10.4. The van der Waals surface area contributed by atoms with Gasteiger partial charge in [0.15, 0.2) is 0 Å². The summed E-state index contributed by atoms with van der Waals surface area (Å²) in [6, 6.07) is 1.96. The number of carbonyl (C=O) groups excluding carboxylic acids is 1. The summed E-state index contributed by atoms with van der Waals surface area (Å²) in [6.07, 6.45) is 3.63. The molecule has 0 aromatic carbocycles. The normalized spacial score (nSPS) is 12.6. The molecule has 0 aliphatic carbocycles. The Balaban J connectivity index is 1.95. The molecule has 1 N–H and O–H groups in total. The summed E-state index contributed by atoms with van der Waals surface area (Å²) in [6.45, 7) is 5.81. The van der Waals surface area contributed by atoms with Crippen LogP contribution in [0.5, 0.6) is 0 Å². The zero-order valence-corrected chi connectivity index (χ0v) is 14.6. The summed E-state index contributed by atoms with van der Waals surface area (Å²) < 4.78 is 7.23. The van der Waals surface area contributed by atoms with Crippen LogP contribution in [0.1, 0.15) is 32.7 Å². The first kappa shape index (κ1) is 16.9. The van der Waals surface area contributed by atoms with Crippen LogP contribution in [-0.2, 0) is 10.5 Å². The Morgan fingerprint density at radius 2 is 2.18 bits per heavy atom. The highest BCUT2D eigenvalue weighted by Gasteiger charge is 2.20. The number of hydrogen-bond donors (Lipinski definition) is 1. The molecule has 7 nitrogen and oxygen atoms in total. The largest absolute Gasteiger partial charge is 0.415 e. The first-order chi connectivity index (χ1) is 10.5. The first-order valence-corrected chi connectivity index (χ1v) is 9.11. The molecule has 0 radical (unpaired) electrons. The van der Waals surface area contributed by atoms with E-state index in [2.05, 4.69) is 20.6 Å². The van der Waals surface area contributed by atoms with Crippen LogP contribution in [0, 0.1) is 0 Å². The van der Waals surface area contributed by atoms with Gasteiger partial charge in [-0.3, -0.25) is 4.79 Å². The van der Waals surface area contributed by atoms with Crippen molar-refractivity contribution in [2.75, 3.05) is 11.6 Å². The number of anilines is 1. The Bertz CT molecular complexity index is 625. The van der Waals surface area contributed by atoms with E-state index in [1.54, 1.807) is 35.6 Å². The Hall–Kier alpha value is -1.48. The van der Waals surface area contributed by atoms with Crippen molar-refractivity contribution in [3.8, 4) is 0 Å². The van der Waals surface area contributed by atoms with Gasteiger partial charge in [-0.25, -0.2) is 4.68 Å². The van der Waals surface area contributed by atoms with E-state index in [0.717, 1.165) is 0 Å². The van der Waals surface area contributed by atoms with Crippen molar-refractivity contribution in [2.24, 2.45) is 0 Å². The van der Waals surface area contributed by atoms with Crippen LogP contribution in [0.15, 0.2) is 21.9 Å². The molecule has 9 heteroatoms. The van der Waals surface area contributed by atoms with Gasteiger partial charge in [-0.15, -0.1) is 10.2 Å². The highest BCUT2D eigenvalue weighted by Crippen LogP contribution is 2.24. The number of amides is 1. The van der Waals surface area contributed by atoms with Crippen molar-refractivity contribution < 1.29 is 9.21 Å². The van der Waals surface area contributed by atoms with Crippen molar-refractivity contribution in [1.82, 2.24) is 20.0 Å². The molecule has 0 fully saturated rings. The summed E-state index contributed by atoms with van der Waals surface area (Å²) in [7, 11) is 0. The minimum atomic E-state index is -0.349. The molecular weight excluding hydrogens is 322 g/mol. The molecule has 2 aromatic heterocycles. The number of thioether (sulfide) groups is 2. The number of nitrogens with one attached hydrogen (secondary N) is 1. The van der Waals surface area contributed by atoms with Crippen LogP contribution in [0.4, 0.5) is 5.82 Å². The van der Waals surface area contributed by atoms with Gasteiger partial charge in [-0.1, -0.05) is 11.8 Å². The van der Waals surface area contributed by atoms with Gasteiger partial charge in [0.05, 0.1) is 17.2 Å². The van der Waals surface area contributed by atoms with Gasteiger partial charge in [0.1, 0.15) is 5.82 Å². The number of carbonyl (C=O) groups is 1. The number of nitrogens with zero attached hydrogens (tertiary/aromatic N) is 4. The van der Waals surface area contributed by atoms with E-state index >= 15 is 0 Å². The van der Waals surface area contributed by atoms with Crippen LogP contribution in [0.2, 0.25) is 0 Å². The fourth-order valence-electron chi connectivity index (χ4n) is 1.73. The molecule has 0 saturated heterocycles. The Labute approximate surface area is 137 Å². The highest BCUT2D eigenvalue weighted by molar-refractivity contribution is 8.00. The lowest BCUT2D eigenvalue weighted by molar-refractivity contribution is -0.115. The Morgan fingerprint density at radius 3 is 2.86 bits per heavy atom. The van der Waals surface area contributed by atoms with Crippen molar-refractivity contribution in [3.63, 3.8) is 0 Å². The van der Waals surface area contributed by atoms with E-state index in [9.17, 15) is 4.79 Å². The summed E-state index contributed by atoms with van der Waals surface area (Å²) in [4.78, 5) is 12.3. The smallest absolute Gasteiger partial charge is 0.277 e. The summed E-state index contributed by atoms with van der Waals surface area (Å²) in [5.74, 6) is 1.79. The van der Waals surface area contributed by atoms with Crippen LogP contribution in [0.3, 0.4) is 0 Å². The Kier molecular flexibility index (Phi) is 5.90. The second-order valence-electron chi connectivity index (χ2n) is 4.90. The number of hydrogen-bond acceptors (Lipinski definition) is 7. The average molecular weight is 341 g/mol. The van der Waals surface area contributed by atoms with Crippen LogP contribution in [-0.4, -0.2) is 37.4 Å². The molecule has 1 unspecified atom stereocenters. The van der Waals surface area contributed by atoms with Crippen molar-refractivity contribution in [2.45, 2.75) is 43.0 Å². The van der Waals surface area contributed by atoms with Crippen LogP contribution >= 0.6 is 23.5 Å². The molecule has 1 atom stereocenters. The van der Waals surface area contributed by atoms with Gasteiger partial charge in [0.2, 0.25) is 11.8 Å². The zero-order chi connectivity index (χ0) is 16.1. The van der Waals surface area contributed by atoms with Crippen LogP contribution in [0.25, 0.3) is 0 Å². The van der Waals surface area contributed by atoms with E-state index in [-0.39, 0.29) is 17.2 Å². The molecule has 0 aliphatic rings. The second-order valence-corrected chi connectivity index (χ2v) is 7.06. The number of aromatic nitrogens is 4. The summed E-state index contributed by atoms with van der Waals surface area (Å²) in [5, 5.41) is 15.0. The summed E-state index contributed by atoms with van der Waals surface area (Å²) in [5.41, 5.74) is 0. The second kappa shape index (κ2) is 7.68. The fourth-order valence-corrected chi connectivity index (χ4v) is 2.79. The minimum Gasteiger partial charge on any atom is -0.415 e. The predicted octanol–water partition coefficient (Wildman–Crippen LogP) is 2.83. The van der Waals surface area contributed by atoms with E-state index in [4.69, 9.17) is 4.42 Å². The summed E-state index contributed by atoms with van der Waals surface area (Å²) >= 11 is 2.85. The fraction of sp³-hybridized carbons (Fsp3) is 0.538. The highest BCUT2D eigenvalue weighted by atomic mass is 32.2. The maximum absolute atomic E-state index is 12.3. The SMILES string of the molecule is CSCc1nnc(SC(C)C(=O)Nc2ccnn2C(C)C)o1. The first-order valence-electron chi connectivity index (χ1n) is 6.83. The molecule has 0 spiro atoms. The number of rotatable bonds is 7. The molecule has 0 bridgehead atoms. The molecule has 0 saturated carbocycles. The molecule has 1 amide bonds. The van der Waals surface area contributed by atoms with Gasteiger partial charge >= 0.3 is 0 Å². The minimum absolute atomic E-state index is 0.128. The van der Waals surface area contributed by atoms with Crippen LogP contribution < -0.4 is 5.32 Å². The van der Waals surface area contributed by atoms with E-state index in [1.807, 2.05) is 20.1 Å². The molecule has 0 aliphatic heterocycles. The predicted molar refractivity (Wildman–Crippen MR) is 88.1 cm³/mol. The van der Waals surface area contributed by atoms with Gasteiger partial charge in [-0.05, 0) is 27.0 Å². The Morgan fingerprint density at radius 1 is 1.41 bits per heavy atom. The quantitative estimate of drug-likeness (QED) is 0.775. The van der Waals surface area contributed by atoms with Crippen molar-refractivity contribution >= 4 is 35.2 Å². The zero-order valence-electron chi connectivity index (χ0n) is 12.9. The van der Waals surface area contributed by atoms with Gasteiger partial charge in [-0.2, -0.15) is 16.9 Å². The molecule has 120 valence electrons. The third kappa shape index (κ3) is 4.26. The third-order valence-corrected chi connectivity index (χ3v) is 4.24. The standard InChI is InChI=1S/C13H19N5O2S2/c1-8(2)18-10(5-6-14-18)15-12(19)9(3)22-13-17-16-11(20-13)7-21-4/h5-6,8-9H,7H2,1-4H3,(H,15,19). The lowest BCUT2D eigenvalue weighted by Crippen LogP contribution is -2.24. The third-order valence-electron chi connectivity index (χ3n) is 2.77. The van der Waals surface area contributed by atoms with Gasteiger partial charge < -0.3 is 9.73 Å². The van der Waals surface area contributed by atoms with E-state index < -0.39 is 0 Å². The topological polar surface area (TPSA) is 85.8 Å². The molecule has 2 aromatic rings. The monoisotopic (exact) mass is 341 g/mol. The van der Waals surface area contributed by atoms with E-state index in [1.165, 1.54) is 11.8 Å². The van der Waals surface area contributed by atoms with E-state index in [0.29, 0.717) is 22.7 Å². The van der Waals surface area contributed by atoms with Gasteiger partial charge in [0.25, 0.3) is 5.22 Å². The average Bonchev–Trinajstić information content (AvgIpc) is 3.08. The van der Waals surface area contributed by atoms with Crippen molar-refractivity contribution in [1.29, 1.82) is 0 Å². The van der Waals surface area contributed by atoms with Crippen molar-refractivity contribution in [3.05, 3.63) is 18.2 Å². The van der Waals surface area contributed by atoms with Gasteiger partial charge in [0, 0.05) is 12.1 Å². The molecule has 2 rings (SSSR count). The maximum Gasteiger partial charge on any atom is 0.277 e.